The Bertz CT molecular complexity index is 1180. The van der Waals surface area contributed by atoms with E-state index in [4.69, 9.17) is 4.74 Å². The summed E-state index contributed by atoms with van der Waals surface area (Å²) in [5, 5.41) is 2.96. The Balaban J connectivity index is 1.55. The van der Waals surface area contributed by atoms with Crippen LogP contribution in [0.2, 0.25) is 0 Å². The van der Waals surface area contributed by atoms with E-state index in [-0.39, 0.29) is 29.4 Å². The van der Waals surface area contributed by atoms with Gasteiger partial charge in [0.05, 0.1) is 23.5 Å². The monoisotopic (exact) mass is 470 g/mol. The molecule has 0 radical (unpaired) electrons. The molecule has 0 bridgehead atoms. The topological polar surface area (TPSA) is 84.5 Å². The van der Waals surface area contributed by atoms with Gasteiger partial charge in [-0.05, 0) is 80.4 Å². The van der Waals surface area contributed by atoms with Gasteiger partial charge in [-0.2, -0.15) is 0 Å². The normalized spacial score (nSPS) is 12.3. The van der Waals surface area contributed by atoms with Crippen LogP contribution in [0.1, 0.15) is 37.9 Å². The third kappa shape index (κ3) is 7.05. The number of amides is 1. The van der Waals surface area contributed by atoms with E-state index in [1.54, 1.807) is 24.3 Å². The molecule has 8 heteroatoms. The molecule has 0 aliphatic carbocycles. The third-order valence-corrected chi connectivity index (χ3v) is 6.22. The zero-order chi connectivity index (χ0) is 24.0. The second-order valence-corrected chi connectivity index (χ2v) is 9.64. The number of anilines is 1. The van der Waals surface area contributed by atoms with Crippen molar-refractivity contribution in [2.24, 2.45) is 0 Å². The van der Waals surface area contributed by atoms with Crippen LogP contribution in [0.15, 0.2) is 77.7 Å². The summed E-state index contributed by atoms with van der Waals surface area (Å²) >= 11 is 0. The minimum Gasteiger partial charge on any atom is -0.491 e. The number of halogens is 1. The molecular weight excluding hydrogens is 443 g/mol. The lowest BCUT2D eigenvalue weighted by molar-refractivity contribution is -0.121. The maximum absolute atomic E-state index is 13.0. The predicted octanol–water partition coefficient (Wildman–Crippen LogP) is 4.83. The van der Waals surface area contributed by atoms with Gasteiger partial charge in [0, 0.05) is 5.69 Å². The molecule has 0 aliphatic rings. The highest BCUT2D eigenvalue weighted by Gasteiger charge is 2.15. The van der Waals surface area contributed by atoms with Gasteiger partial charge in [-0.3, -0.25) is 9.52 Å². The van der Waals surface area contributed by atoms with E-state index in [1.807, 2.05) is 45.0 Å². The fourth-order valence-corrected chi connectivity index (χ4v) is 4.25. The van der Waals surface area contributed by atoms with Gasteiger partial charge < -0.3 is 10.1 Å². The highest BCUT2D eigenvalue weighted by atomic mass is 32.2. The number of carbonyl (C=O) groups excluding carboxylic acids is 1. The summed E-state index contributed by atoms with van der Waals surface area (Å²) in [4.78, 5) is 12.4. The quantitative estimate of drug-likeness (QED) is 0.469. The standard InChI is InChI=1S/C25H27FN2O4S/c1-17(2)32-23-12-6-20(7-13-23)18(3)27-25(29)16-19-4-10-22(11-5-19)28-33(30,31)24-14-8-21(26)9-15-24/h4-15,17-18,28H,16H2,1-3H3,(H,27,29). The molecule has 2 N–H and O–H groups in total. The molecule has 0 saturated carbocycles. The predicted molar refractivity (Wildman–Crippen MR) is 126 cm³/mol. The highest BCUT2D eigenvalue weighted by Crippen LogP contribution is 2.20. The molecule has 0 aromatic heterocycles. The van der Waals surface area contributed by atoms with Gasteiger partial charge in [-0.15, -0.1) is 0 Å². The molecule has 0 heterocycles. The fourth-order valence-electron chi connectivity index (χ4n) is 3.19. The lowest BCUT2D eigenvalue weighted by Gasteiger charge is -2.16. The van der Waals surface area contributed by atoms with Crippen molar-refractivity contribution >= 4 is 21.6 Å². The van der Waals surface area contributed by atoms with Crippen LogP contribution in [-0.2, 0) is 21.2 Å². The summed E-state index contributed by atoms with van der Waals surface area (Å²) in [6.45, 7) is 5.83. The molecule has 0 saturated heterocycles. The Morgan fingerprint density at radius 1 is 0.909 bits per heavy atom. The number of carbonyl (C=O) groups is 1. The van der Waals surface area contributed by atoms with Gasteiger partial charge in [0.1, 0.15) is 11.6 Å². The molecular formula is C25H27FN2O4S. The second kappa shape index (κ2) is 10.5. The van der Waals surface area contributed by atoms with Crippen LogP contribution in [0.5, 0.6) is 5.75 Å². The largest absolute Gasteiger partial charge is 0.491 e. The molecule has 0 aliphatic heterocycles. The molecule has 3 aromatic rings. The number of rotatable bonds is 9. The van der Waals surface area contributed by atoms with Crippen molar-refractivity contribution in [2.45, 2.75) is 44.2 Å². The number of benzene rings is 3. The van der Waals surface area contributed by atoms with Crippen molar-refractivity contribution in [1.82, 2.24) is 5.32 Å². The van der Waals surface area contributed by atoms with Gasteiger partial charge in [-0.25, -0.2) is 12.8 Å². The maximum Gasteiger partial charge on any atom is 0.261 e. The summed E-state index contributed by atoms with van der Waals surface area (Å²) in [5.41, 5.74) is 2.05. The summed E-state index contributed by atoms with van der Waals surface area (Å²) in [6, 6.07) is 18.5. The van der Waals surface area contributed by atoms with Gasteiger partial charge in [0.2, 0.25) is 5.91 Å². The number of sulfonamides is 1. The SMILES string of the molecule is CC(C)Oc1ccc(C(C)NC(=O)Cc2ccc(NS(=O)(=O)c3ccc(F)cc3)cc2)cc1. The molecule has 3 aromatic carbocycles. The van der Waals surface area contributed by atoms with E-state index in [0.29, 0.717) is 5.69 Å². The van der Waals surface area contributed by atoms with Gasteiger partial charge in [0.15, 0.2) is 0 Å². The summed E-state index contributed by atoms with van der Waals surface area (Å²) in [7, 11) is -3.83. The lowest BCUT2D eigenvalue weighted by Crippen LogP contribution is -2.28. The van der Waals surface area contributed by atoms with Gasteiger partial charge in [0.25, 0.3) is 10.0 Å². The van der Waals surface area contributed by atoms with Gasteiger partial charge >= 0.3 is 0 Å². The maximum atomic E-state index is 13.0. The lowest BCUT2D eigenvalue weighted by atomic mass is 10.1. The Hall–Kier alpha value is -3.39. The molecule has 0 spiro atoms. The smallest absolute Gasteiger partial charge is 0.261 e. The minimum atomic E-state index is -3.83. The summed E-state index contributed by atoms with van der Waals surface area (Å²) in [5.74, 6) is 0.120. The van der Waals surface area contributed by atoms with E-state index >= 15 is 0 Å². The molecule has 1 unspecified atom stereocenters. The van der Waals surface area contributed by atoms with Crippen LogP contribution in [0.4, 0.5) is 10.1 Å². The first-order chi connectivity index (χ1) is 15.6. The van der Waals surface area contributed by atoms with Crippen LogP contribution in [0.25, 0.3) is 0 Å². The Morgan fingerprint density at radius 3 is 2.09 bits per heavy atom. The second-order valence-electron chi connectivity index (χ2n) is 7.96. The molecule has 174 valence electrons. The minimum absolute atomic E-state index is 0.0369. The number of ether oxygens (including phenoxy) is 1. The average molecular weight is 471 g/mol. The zero-order valence-corrected chi connectivity index (χ0v) is 19.5. The first-order valence-electron chi connectivity index (χ1n) is 10.6. The number of nitrogens with one attached hydrogen (secondary N) is 2. The van der Waals surface area contributed by atoms with Crippen LogP contribution >= 0.6 is 0 Å². The zero-order valence-electron chi connectivity index (χ0n) is 18.7. The van der Waals surface area contributed by atoms with E-state index in [9.17, 15) is 17.6 Å². The Kier molecular flexibility index (Phi) is 7.71. The highest BCUT2D eigenvalue weighted by molar-refractivity contribution is 7.92. The van der Waals surface area contributed by atoms with Crippen LogP contribution in [0.3, 0.4) is 0 Å². The van der Waals surface area contributed by atoms with Crippen molar-refractivity contribution in [3.05, 3.63) is 89.7 Å². The summed E-state index contributed by atoms with van der Waals surface area (Å²) in [6.07, 6.45) is 0.252. The fraction of sp³-hybridized carbons (Fsp3) is 0.240. The molecule has 3 rings (SSSR count). The molecule has 1 atom stereocenters. The molecule has 0 fully saturated rings. The first kappa shape index (κ1) is 24.3. The van der Waals surface area contributed by atoms with Crippen LogP contribution in [0, 0.1) is 5.82 Å². The van der Waals surface area contributed by atoms with Crippen LogP contribution in [-0.4, -0.2) is 20.4 Å². The van der Waals surface area contributed by atoms with Crippen molar-refractivity contribution in [2.75, 3.05) is 4.72 Å². The molecule has 6 nitrogen and oxygen atoms in total. The van der Waals surface area contributed by atoms with E-state index in [0.717, 1.165) is 29.0 Å². The summed E-state index contributed by atoms with van der Waals surface area (Å²) < 4.78 is 45.9. The van der Waals surface area contributed by atoms with E-state index < -0.39 is 15.8 Å². The average Bonchev–Trinajstić information content (AvgIpc) is 2.75. The van der Waals surface area contributed by atoms with E-state index in [2.05, 4.69) is 10.0 Å². The first-order valence-corrected chi connectivity index (χ1v) is 12.0. The Labute approximate surface area is 193 Å². The van der Waals surface area contributed by atoms with Crippen molar-refractivity contribution in [1.29, 1.82) is 0 Å². The van der Waals surface area contributed by atoms with Crippen molar-refractivity contribution in [3.63, 3.8) is 0 Å². The molecule has 1 amide bonds. The Morgan fingerprint density at radius 2 is 1.52 bits per heavy atom. The van der Waals surface area contributed by atoms with Gasteiger partial charge in [-0.1, -0.05) is 24.3 Å². The third-order valence-electron chi connectivity index (χ3n) is 4.82. The van der Waals surface area contributed by atoms with Crippen LogP contribution < -0.4 is 14.8 Å². The molecule has 33 heavy (non-hydrogen) atoms. The van der Waals surface area contributed by atoms with Crippen molar-refractivity contribution in [3.8, 4) is 5.75 Å². The number of hydrogen-bond acceptors (Lipinski definition) is 4. The number of hydrogen-bond donors (Lipinski definition) is 2. The van der Waals surface area contributed by atoms with Crippen molar-refractivity contribution < 1.29 is 22.3 Å². The van der Waals surface area contributed by atoms with E-state index in [1.165, 1.54) is 12.1 Å².